The molecule has 0 radical (unpaired) electrons. The lowest BCUT2D eigenvalue weighted by Gasteiger charge is -2.26. The topological polar surface area (TPSA) is 46.6 Å². The van der Waals surface area contributed by atoms with Crippen LogP contribution < -0.4 is 0 Å². The molecule has 0 unspecified atom stereocenters. The van der Waals surface area contributed by atoms with Crippen molar-refractivity contribution < 1.29 is 13.2 Å². The van der Waals surface area contributed by atoms with Crippen LogP contribution in [0.1, 0.15) is 5.56 Å². The van der Waals surface area contributed by atoms with Crippen LogP contribution in [0.5, 0.6) is 0 Å². The summed E-state index contributed by atoms with van der Waals surface area (Å²) < 4.78 is 31.1. The molecule has 1 aliphatic rings. The van der Waals surface area contributed by atoms with E-state index in [1.165, 1.54) is 10.4 Å². The number of morpholine rings is 1. The summed E-state index contributed by atoms with van der Waals surface area (Å²) in [7, 11) is -3.43. The maximum Gasteiger partial charge on any atom is 0.243 e. The van der Waals surface area contributed by atoms with E-state index >= 15 is 0 Å². The predicted octanol–water partition coefficient (Wildman–Crippen LogP) is 1.67. The number of hydrogen-bond acceptors (Lipinski definition) is 3. The normalized spacial score (nSPS) is 18.2. The number of sulfonamides is 1. The van der Waals surface area contributed by atoms with Crippen molar-refractivity contribution in [3.05, 3.63) is 28.8 Å². The zero-order chi connectivity index (χ0) is 12.5. The van der Waals surface area contributed by atoms with Crippen LogP contribution in [0, 0.1) is 6.92 Å². The molecule has 1 saturated heterocycles. The molecule has 17 heavy (non-hydrogen) atoms. The lowest BCUT2D eigenvalue weighted by Crippen LogP contribution is -2.40. The maximum absolute atomic E-state index is 12.3. The Morgan fingerprint density at radius 3 is 2.53 bits per heavy atom. The first-order chi connectivity index (χ1) is 8.01. The van der Waals surface area contributed by atoms with Gasteiger partial charge in [-0.1, -0.05) is 17.7 Å². The summed E-state index contributed by atoms with van der Waals surface area (Å²) in [5.74, 6) is 0. The van der Waals surface area contributed by atoms with Gasteiger partial charge in [0, 0.05) is 18.1 Å². The highest BCUT2D eigenvalue weighted by Crippen LogP contribution is 2.23. The third-order valence-electron chi connectivity index (χ3n) is 2.75. The Hall–Kier alpha value is -0.620. The molecule has 0 bridgehead atoms. The average molecular weight is 276 g/mol. The van der Waals surface area contributed by atoms with E-state index < -0.39 is 10.0 Å². The lowest BCUT2D eigenvalue weighted by atomic mass is 10.2. The van der Waals surface area contributed by atoms with Crippen molar-refractivity contribution in [2.75, 3.05) is 26.3 Å². The highest BCUT2D eigenvalue weighted by molar-refractivity contribution is 7.89. The number of nitrogens with zero attached hydrogens (tertiary/aromatic N) is 1. The smallest absolute Gasteiger partial charge is 0.243 e. The van der Waals surface area contributed by atoms with E-state index in [-0.39, 0.29) is 4.90 Å². The molecule has 0 N–H and O–H groups in total. The van der Waals surface area contributed by atoms with Crippen LogP contribution in [0.25, 0.3) is 0 Å². The van der Waals surface area contributed by atoms with Crippen LogP contribution in [0.4, 0.5) is 0 Å². The third kappa shape index (κ3) is 2.63. The van der Waals surface area contributed by atoms with Crippen molar-refractivity contribution in [2.24, 2.45) is 0 Å². The third-order valence-corrected chi connectivity index (χ3v) is 5.05. The minimum atomic E-state index is -3.43. The fourth-order valence-corrected chi connectivity index (χ4v) is 3.35. The summed E-state index contributed by atoms with van der Waals surface area (Å²) in [6.07, 6.45) is 0. The summed E-state index contributed by atoms with van der Waals surface area (Å²) >= 11 is 5.95. The number of rotatable bonds is 2. The number of hydrogen-bond donors (Lipinski definition) is 0. The SMILES string of the molecule is Cc1ccc(S(=O)(=O)N2CCOCC2)cc1Cl. The first-order valence-electron chi connectivity index (χ1n) is 5.36. The van der Waals surface area contributed by atoms with Crippen LogP contribution in [0.3, 0.4) is 0 Å². The minimum Gasteiger partial charge on any atom is -0.379 e. The Morgan fingerprint density at radius 2 is 1.94 bits per heavy atom. The highest BCUT2D eigenvalue weighted by Gasteiger charge is 2.26. The van der Waals surface area contributed by atoms with E-state index in [1.54, 1.807) is 12.1 Å². The van der Waals surface area contributed by atoms with E-state index in [1.807, 2.05) is 6.92 Å². The van der Waals surface area contributed by atoms with Gasteiger partial charge in [0.15, 0.2) is 0 Å². The van der Waals surface area contributed by atoms with Crippen molar-refractivity contribution in [3.8, 4) is 0 Å². The monoisotopic (exact) mass is 275 g/mol. The molecule has 1 fully saturated rings. The van der Waals surface area contributed by atoms with Gasteiger partial charge in [-0.05, 0) is 24.6 Å². The van der Waals surface area contributed by atoms with Gasteiger partial charge in [0.05, 0.1) is 18.1 Å². The molecule has 0 atom stereocenters. The second-order valence-corrected chi connectivity index (χ2v) is 6.27. The molecule has 0 aliphatic carbocycles. The number of halogens is 1. The molecule has 4 nitrogen and oxygen atoms in total. The van der Waals surface area contributed by atoms with Crippen LogP contribution >= 0.6 is 11.6 Å². The molecular formula is C11H14ClNO3S. The summed E-state index contributed by atoms with van der Waals surface area (Å²) in [6, 6.07) is 4.81. The molecule has 0 aromatic heterocycles. The molecule has 6 heteroatoms. The Labute approximate surface area is 106 Å². The van der Waals surface area contributed by atoms with Crippen molar-refractivity contribution in [1.82, 2.24) is 4.31 Å². The molecule has 1 aliphatic heterocycles. The van der Waals surface area contributed by atoms with Crippen LogP contribution in [-0.4, -0.2) is 39.0 Å². The van der Waals surface area contributed by atoms with Crippen molar-refractivity contribution in [2.45, 2.75) is 11.8 Å². The van der Waals surface area contributed by atoms with Gasteiger partial charge in [-0.2, -0.15) is 4.31 Å². The molecule has 94 valence electrons. The maximum atomic E-state index is 12.3. The average Bonchev–Trinajstić information content (AvgIpc) is 2.33. The Balaban J connectivity index is 2.33. The summed E-state index contributed by atoms with van der Waals surface area (Å²) in [5, 5.41) is 0.472. The number of benzene rings is 1. The van der Waals surface area contributed by atoms with Crippen LogP contribution in [0.15, 0.2) is 23.1 Å². The Kier molecular flexibility index (Phi) is 3.73. The van der Waals surface area contributed by atoms with Gasteiger partial charge in [0.2, 0.25) is 10.0 Å². The van der Waals surface area contributed by atoms with Gasteiger partial charge < -0.3 is 4.74 Å². The standard InChI is InChI=1S/C11H14ClNO3S/c1-9-2-3-10(8-11(9)12)17(14,15)13-4-6-16-7-5-13/h2-3,8H,4-7H2,1H3. The lowest BCUT2D eigenvalue weighted by molar-refractivity contribution is 0.0730. The van der Waals surface area contributed by atoms with Gasteiger partial charge in [0.1, 0.15) is 0 Å². The Morgan fingerprint density at radius 1 is 1.29 bits per heavy atom. The molecule has 1 aromatic carbocycles. The molecular weight excluding hydrogens is 262 g/mol. The van der Waals surface area contributed by atoms with Gasteiger partial charge >= 0.3 is 0 Å². The molecule has 2 rings (SSSR count). The highest BCUT2D eigenvalue weighted by atomic mass is 35.5. The van der Waals surface area contributed by atoms with Crippen LogP contribution in [-0.2, 0) is 14.8 Å². The van der Waals surface area contributed by atoms with Gasteiger partial charge in [-0.3, -0.25) is 0 Å². The van der Waals surface area contributed by atoms with Crippen molar-refractivity contribution in [1.29, 1.82) is 0 Å². The first kappa shape index (κ1) is 12.8. The van der Waals surface area contributed by atoms with E-state index in [0.29, 0.717) is 31.3 Å². The molecule has 0 spiro atoms. The van der Waals surface area contributed by atoms with Crippen molar-refractivity contribution >= 4 is 21.6 Å². The van der Waals surface area contributed by atoms with E-state index in [4.69, 9.17) is 16.3 Å². The van der Waals surface area contributed by atoms with E-state index in [0.717, 1.165) is 5.56 Å². The summed E-state index contributed by atoms with van der Waals surface area (Å²) in [6.45, 7) is 3.52. The fourth-order valence-electron chi connectivity index (χ4n) is 1.67. The van der Waals surface area contributed by atoms with E-state index in [9.17, 15) is 8.42 Å². The van der Waals surface area contributed by atoms with Gasteiger partial charge in [-0.15, -0.1) is 0 Å². The second kappa shape index (κ2) is 4.94. The second-order valence-electron chi connectivity index (χ2n) is 3.93. The number of aryl methyl sites for hydroxylation is 1. The molecule has 1 aromatic rings. The minimum absolute atomic E-state index is 0.245. The number of ether oxygens (including phenoxy) is 1. The summed E-state index contributed by atoms with van der Waals surface area (Å²) in [4.78, 5) is 0.245. The van der Waals surface area contributed by atoms with Gasteiger partial charge in [-0.25, -0.2) is 8.42 Å². The van der Waals surface area contributed by atoms with Gasteiger partial charge in [0.25, 0.3) is 0 Å². The predicted molar refractivity (Wildman–Crippen MR) is 65.8 cm³/mol. The molecule has 0 amide bonds. The quantitative estimate of drug-likeness (QED) is 0.825. The zero-order valence-electron chi connectivity index (χ0n) is 9.52. The molecule has 0 saturated carbocycles. The van der Waals surface area contributed by atoms with Crippen molar-refractivity contribution in [3.63, 3.8) is 0 Å². The zero-order valence-corrected chi connectivity index (χ0v) is 11.1. The largest absolute Gasteiger partial charge is 0.379 e. The Bertz CT molecular complexity index is 509. The fraction of sp³-hybridized carbons (Fsp3) is 0.455. The van der Waals surface area contributed by atoms with E-state index in [2.05, 4.69) is 0 Å². The first-order valence-corrected chi connectivity index (χ1v) is 7.17. The molecule has 1 heterocycles. The summed E-state index contributed by atoms with van der Waals surface area (Å²) in [5.41, 5.74) is 0.868. The van der Waals surface area contributed by atoms with Crippen LogP contribution in [0.2, 0.25) is 5.02 Å².